The van der Waals surface area contributed by atoms with Gasteiger partial charge in [-0.2, -0.15) is 5.01 Å². The van der Waals surface area contributed by atoms with E-state index in [4.69, 9.17) is 10.6 Å². The van der Waals surface area contributed by atoms with Gasteiger partial charge in [0.1, 0.15) is 0 Å². The Kier molecular flexibility index (Phi) is 4.34. The predicted octanol–water partition coefficient (Wildman–Crippen LogP) is -2.65. The molecule has 0 saturated heterocycles. The summed E-state index contributed by atoms with van der Waals surface area (Å²) in [5.74, 6) is 0.231. The Bertz CT molecular complexity index is 357. The van der Waals surface area contributed by atoms with Crippen LogP contribution in [0, 0.1) is 6.20 Å². The van der Waals surface area contributed by atoms with Crippen LogP contribution < -0.4 is 23.7 Å². The highest BCUT2D eigenvalue weighted by Crippen LogP contribution is 2.07. The zero-order valence-electron chi connectivity index (χ0n) is 8.85. The number of nitrogens with zero attached hydrogens (tertiary/aromatic N) is 2. The van der Waals surface area contributed by atoms with Gasteiger partial charge in [-0.3, -0.25) is 0 Å². The third-order valence-corrected chi connectivity index (χ3v) is 2.05. The normalized spacial score (nSPS) is 13.9. The molecule has 1 aliphatic heterocycles. The molecular weight excluding hydrogens is 228 g/mol. The van der Waals surface area contributed by atoms with Crippen molar-refractivity contribution < 1.29 is 17.2 Å². The first-order valence-corrected chi connectivity index (χ1v) is 4.62. The summed E-state index contributed by atoms with van der Waals surface area (Å²) in [4.78, 5) is 4.84. The Morgan fingerprint density at radius 2 is 2.12 bits per heavy atom. The largest absolute Gasteiger partial charge is 1.00 e. The topological polar surface area (TPSA) is 53.8 Å². The number of hydrazine groups is 2. The maximum Gasteiger partial charge on any atom is 0.496 e. The average Bonchev–Trinajstić information content (AvgIpc) is 2.66. The van der Waals surface area contributed by atoms with Crippen molar-refractivity contribution in [2.24, 2.45) is 5.73 Å². The summed E-state index contributed by atoms with van der Waals surface area (Å²) in [5, 5.41) is 3.47. The van der Waals surface area contributed by atoms with Crippen molar-refractivity contribution >= 4 is 0 Å². The SMILES string of the molecule is CN(Cc1ccccc1)N1[C+]=C(N)ON1.[Cl-]. The molecule has 0 radical (unpaired) electrons. The maximum atomic E-state index is 5.41. The molecule has 0 saturated carbocycles. The molecule has 3 N–H and O–H groups in total. The van der Waals surface area contributed by atoms with E-state index in [9.17, 15) is 0 Å². The van der Waals surface area contributed by atoms with Crippen LogP contribution in [0.4, 0.5) is 0 Å². The summed E-state index contributed by atoms with van der Waals surface area (Å²) in [7, 11) is 1.91. The Hall–Kier alpha value is -1.52. The van der Waals surface area contributed by atoms with E-state index in [-0.39, 0.29) is 18.3 Å². The van der Waals surface area contributed by atoms with Gasteiger partial charge in [0, 0.05) is 24.3 Å². The lowest BCUT2D eigenvalue weighted by atomic mass is 10.2. The Morgan fingerprint density at radius 3 is 2.69 bits per heavy atom. The van der Waals surface area contributed by atoms with E-state index >= 15 is 0 Å². The molecule has 0 spiro atoms. The van der Waals surface area contributed by atoms with E-state index in [0.717, 1.165) is 6.54 Å². The van der Waals surface area contributed by atoms with Gasteiger partial charge < -0.3 is 23.0 Å². The highest BCUT2D eigenvalue weighted by molar-refractivity contribution is 5.14. The lowest BCUT2D eigenvalue weighted by molar-refractivity contribution is -0.103. The second-order valence-electron chi connectivity index (χ2n) is 3.28. The van der Waals surface area contributed by atoms with Gasteiger partial charge in [-0.15, -0.1) is 0 Å². The molecule has 1 aromatic carbocycles. The summed E-state index contributed by atoms with van der Waals surface area (Å²) in [6.07, 6.45) is 2.79. The number of hydrogen-bond donors (Lipinski definition) is 2. The van der Waals surface area contributed by atoms with Gasteiger partial charge in [0.05, 0.1) is 0 Å². The first-order valence-electron chi connectivity index (χ1n) is 4.62. The molecule has 1 heterocycles. The van der Waals surface area contributed by atoms with Gasteiger partial charge in [0.25, 0.3) is 0 Å². The third kappa shape index (κ3) is 2.98. The first kappa shape index (κ1) is 12.5. The van der Waals surface area contributed by atoms with Crippen molar-refractivity contribution in [3.63, 3.8) is 0 Å². The van der Waals surface area contributed by atoms with Gasteiger partial charge in [-0.25, -0.2) is 0 Å². The van der Waals surface area contributed by atoms with Gasteiger partial charge in [0.2, 0.25) is 0 Å². The fourth-order valence-electron chi connectivity index (χ4n) is 1.32. The number of nitrogens with one attached hydrogen (secondary N) is 1. The molecule has 1 aliphatic rings. The van der Waals surface area contributed by atoms with Crippen LogP contribution >= 0.6 is 0 Å². The van der Waals surface area contributed by atoms with Crippen molar-refractivity contribution in [1.29, 1.82) is 0 Å². The number of rotatable bonds is 3. The lowest BCUT2D eigenvalue weighted by Crippen LogP contribution is -3.00. The van der Waals surface area contributed by atoms with Crippen LogP contribution in [0.25, 0.3) is 0 Å². The van der Waals surface area contributed by atoms with Crippen LogP contribution in [0.1, 0.15) is 5.56 Å². The quantitative estimate of drug-likeness (QED) is 0.566. The highest BCUT2D eigenvalue weighted by atomic mass is 35.5. The Labute approximate surface area is 101 Å². The average molecular weight is 241 g/mol. The lowest BCUT2D eigenvalue weighted by Gasteiger charge is -2.16. The van der Waals surface area contributed by atoms with Gasteiger partial charge in [0.15, 0.2) is 0 Å². The van der Waals surface area contributed by atoms with Crippen LogP contribution in [0.3, 0.4) is 0 Å². The highest BCUT2D eigenvalue weighted by Gasteiger charge is 2.31. The van der Waals surface area contributed by atoms with Crippen LogP contribution in [-0.2, 0) is 11.4 Å². The van der Waals surface area contributed by atoms with Crippen molar-refractivity contribution in [2.45, 2.75) is 6.54 Å². The summed E-state index contributed by atoms with van der Waals surface area (Å²) < 4.78 is 0. The van der Waals surface area contributed by atoms with Crippen LogP contribution in [0.2, 0.25) is 0 Å². The first-order chi connectivity index (χ1) is 7.25. The molecule has 6 heteroatoms. The summed E-state index contributed by atoms with van der Waals surface area (Å²) in [6.45, 7) is 0.747. The number of hydrogen-bond acceptors (Lipinski definition) is 5. The van der Waals surface area contributed by atoms with E-state index in [2.05, 4.69) is 23.9 Å². The molecule has 16 heavy (non-hydrogen) atoms. The Morgan fingerprint density at radius 1 is 1.44 bits per heavy atom. The molecule has 5 nitrogen and oxygen atoms in total. The van der Waals surface area contributed by atoms with E-state index in [1.807, 2.05) is 30.3 Å². The fraction of sp³-hybridized carbons (Fsp3) is 0.200. The summed E-state index contributed by atoms with van der Waals surface area (Å²) >= 11 is 0. The van der Waals surface area contributed by atoms with Crippen LogP contribution in [0.5, 0.6) is 0 Å². The number of halogens is 1. The zero-order valence-corrected chi connectivity index (χ0v) is 9.61. The van der Waals surface area contributed by atoms with Gasteiger partial charge >= 0.3 is 12.1 Å². The Balaban J connectivity index is 0.00000128. The van der Waals surface area contributed by atoms with E-state index < -0.39 is 0 Å². The molecule has 1 aromatic rings. The number of nitrogens with two attached hydrogens (primary N) is 1. The smallest absolute Gasteiger partial charge is 0.496 e. The summed E-state index contributed by atoms with van der Waals surface area (Å²) in [6, 6.07) is 10.1. The molecule has 2 rings (SSSR count). The maximum absolute atomic E-state index is 5.41. The minimum absolute atomic E-state index is 0. The predicted molar refractivity (Wildman–Crippen MR) is 54.9 cm³/mol. The monoisotopic (exact) mass is 240 g/mol. The van der Waals surface area contributed by atoms with Crippen LogP contribution in [-0.4, -0.2) is 17.2 Å². The molecule has 0 amide bonds. The molecule has 0 unspecified atom stereocenters. The fourth-order valence-corrected chi connectivity index (χ4v) is 1.32. The van der Waals surface area contributed by atoms with Gasteiger partial charge in [-0.1, -0.05) is 30.3 Å². The van der Waals surface area contributed by atoms with Crippen molar-refractivity contribution in [1.82, 2.24) is 15.7 Å². The van der Waals surface area contributed by atoms with Gasteiger partial charge in [-0.05, 0) is 5.56 Å². The molecular formula is C10H13ClN4O. The van der Waals surface area contributed by atoms with E-state index in [0.29, 0.717) is 0 Å². The second-order valence-corrected chi connectivity index (χ2v) is 3.28. The summed E-state index contributed by atoms with van der Waals surface area (Å²) in [5.41, 5.74) is 9.22. The van der Waals surface area contributed by atoms with Crippen molar-refractivity contribution in [2.75, 3.05) is 7.05 Å². The molecule has 0 aliphatic carbocycles. The third-order valence-electron chi connectivity index (χ3n) is 2.05. The van der Waals surface area contributed by atoms with E-state index in [1.165, 1.54) is 5.56 Å². The molecule has 0 atom stereocenters. The van der Waals surface area contributed by atoms with E-state index in [1.54, 1.807) is 5.12 Å². The molecule has 86 valence electrons. The van der Waals surface area contributed by atoms with Crippen molar-refractivity contribution in [3.8, 4) is 0 Å². The standard InChI is InChI=1S/C10H13N4O.ClH/c1-13(14-8-10(11)15-12-14)7-9-5-3-2-4-6-9;/h2-6,12H,7,11H2,1H3;1H/q+1;/p-1. The second kappa shape index (κ2) is 5.53. The molecule has 0 aromatic heterocycles. The molecule has 0 bridgehead atoms. The molecule has 0 fully saturated rings. The minimum Gasteiger partial charge on any atom is -1.00 e. The number of benzene rings is 1. The van der Waals surface area contributed by atoms with Crippen molar-refractivity contribution in [3.05, 3.63) is 48.0 Å². The zero-order chi connectivity index (χ0) is 10.7. The van der Waals surface area contributed by atoms with Crippen LogP contribution in [0.15, 0.2) is 36.2 Å². The minimum atomic E-state index is 0.